The number of carbonyl (C=O) groups excluding carboxylic acids is 1. The number of hydrogen-bond acceptors (Lipinski definition) is 4. The lowest BCUT2D eigenvalue weighted by molar-refractivity contribution is -0.117. The molecule has 0 fully saturated rings. The first-order valence-corrected chi connectivity index (χ1v) is 2.21. The Hall–Kier alpha value is -1.39. The van der Waals surface area contributed by atoms with Gasteiger partial charge in [0.2, 0.25) is 0 Å². The predicted octanol–water partition coefficient (Wildman–Crippen LogP) is -0.701. The highest BCUT2D eigenvalue weighted by Gasteiger charge is 1.96. The summed E-state index contributed by atoms with van der Waals surface area (Å²) in [5.74, 6) is -0.645. The normalized spacial score (nSPS) is 8.00. The average Bonchev–Trinajstić information content (AvgIpc) is 1.83. The fraction of sp³-hybridized carbons (Fsp3) is 0.250. The van der Waals surface area contributed by atoms with Gasteiger partial charge in [0.15, 0.2) is 0 Å². The molecule has 1 amide bonds. The lowest BCUT2D eigenvalue weighted by Crippen LogP contribution is -2.24. The lowest BCUT2D eigenvalue weighted by Gasteiger charge is -1.97. The van der Waals surface area contributed by atoms with E-state index in [4.69, 9.17) is 5.73 Å². The molecule has 5 nitrogen and oxygen atoms in total. The van der Waals surface area contributed by atoms with E-state index >= 15 is 0 Å². The molecule has 0 saturated carbocycles. The van der Waals surface area contributed by atoms with Crippen LogP contribution in [0, 0.1) is 4.91 Å². The molecule has 0 radical (unpaired) electrons. The quantitative estimate of drug-likeness (QED) is 0.493. The molecule has 0 aliphatic rings. The third-order valence-corrected chi connectivity index (χ3v) is 0.568. The van der Waals surface area contributed by atoms with Crippen molar-refractivity contribution in [1.29, 1.82) is 0 Å². The fourth-order valence-electron chi connectivity index (χ4n) is 0.221. The Kier molecular flexibility index (Phi) is 3.04. The SMILES string of the molecule is C=C(N)NCC(=O)N=O. The topological polar surface area (TPSA) is 84.5 Å². The number of nitrogens with one attached hydrogen (secondary N) is 1. The van der Waals surface area contributed by atoms with Gasteiger partial charge in [-0.15, -0.1) is 4.91 Å². The van der Waals surface area contributed by atoms with Crippen molar-refractivity contribution in [2.24, 2.45) is 10.9 Å². The van der Waals surface area contributed by atoms with E-state index in [1.54, 1.807) is 0 Å². The molecule has 0 aliphatic heterocycles. The van der Waals surface area contributed by atoms with Gasteiger partial charge in [0.25, 0.3) is 0 Å². The third kappa shape index (κ3) is 4.46. The van der Waals surface area contributed by atoms with Crippen molar-refractivity contribution < 1.29 is 4.79 Å². The summed E-state index contributed by atoms with van der Waals surface area (Å²) < 4.78 is 0. The van der Waals surface area contributed by atoms with Crippen LogP contribution in [-0.2, 0) is 4.79 Å². The van der Waals surface area contributed by atoms with Crippen LogP contribution in [-0.4, -0.2) is 12.5 Å². The van der Waals surface area contributed by atoms with E-state index in [1.807, 2.05) is 0 Å². The number of rotatable bonds is 3. The van der Waals surface area contributed by atoms with Crippen LogP contribution < -0.4 is 11.1 Å². The van der Waals surface area contributed by atoms with Crippen molar-refractivity contribution in [1.82, 2.24) is 5.32 Å². The molecule has 0 unspecified atom stereocenters. The van der Waals surface area contributed by atoms with Crippen LogP contribution in [0.4, 0.5) is 0 Å². The smallest absolute Gasteiger partial charge is 0.305 e. The van der Waals surface area contributed by atoms with Gasteiger partial charge in [-0.05, 0) is 0 Å². The lowest BCUT2D eigenvalue weighted by atomic mass is 10.6. The van der Waals surface area contributed by atoms with Gasteiger partial charge in [-0.25, -0.2) is 0 Å². The highest BCUT2D eigenvalue weighted by Crippen LogP contribution is 1.71. The number of carbonyl (C=O) groups is 1. The largest absolute Gasteiger partial charge is 0.386 e. The molecule has 0 aliphatic carbocycles. The van der Waals surface area contributed by atoms with Gasteiger partial charge in [0.1, 0.15) is 6.54 Å². The summed E-state index contributed by atoms with van der Waals surface area (Å²) in [7, 11) is 0. The van der Waals surface area contributed by atoms with Gasteiger partial charge in [-0.3, -0.25) is 4.79 Å². The van der Waals surface area contributed by atoms with E-state index in [2.05, 4.69) is 17.1 Å². The molecule has 5 heteroatoms. The maximum absolute atomic E-state index is 10.1. The second-order valence-electron chi connectivity index (χ2n) is 1.36. The van der Waals surface area contributed by atoms with Crippen LogP contribution in [0.2, 0.25) is 0 Å². The maximum atomic E-state index is 10.1. The summed E-state index contributed by atoms with van der Waals surface area (Å²) in [5.41, 5.74) is 4.99. The fourth-order valence-corrected chi connectivity index (χ4v) is 0.221. The molecule has 0 bridgehead atoms. The van der Waals surface area contributed by atoms with Crippen molar-refractivity contribution in [2.75, 3.05) is 6.54 Å². The Labute approximate surface area is 51.9 Å². The van der Waals surface area contributed by atoms with E-state index in [0.717, 1.165) is 0 Å². The molecule has 0 rings (SSSR count). The Balaban J connectivity index is 3.39. The molecule has 0 heterocycles. The summed E-state index contributed by atoms with van der Waals surface area (Å²) in [5, 5.41) is 4.45. The van der Waals surface area contributed by atoms with E-state index < -0.39 is 5.91 Å². The van der Waals surface area contributed by atoms with Crippen LogP contribution in [0.15, 0.2) is 17.6 Å². The first kappa shape index (κ1) is 7.61. The Morgan fingerprint density at radius 1 is 1.78 bits per heavy atom. The number of nitrogens with zero attached hydrogens (tertiary/aromatic N) is 1. The van der Waals surface area contributed by atoms with Gasteiger partial charge >= 0.3 is 5.91 Å². The molecule has 0 saturated heterocycles. The first-order chi connectivity index (χ1) is 4.16. The van der Waals surface area contributed by atoms with Crippen LogP contribution in [0.3, 0.4) is 0 Å². The monoisotopic (exact) mass is 129 g/mol. The van der Waals surface area contributed by atoms with Crippen LogP contribution in [0.1, 0.15) is 0 Å². The zero-order valence-corrected chi connectivity index (χ0v) is 4.76. The van der Waals surface area contributed by atoms with Crippen molar-refractivity contribution in [3.8, 4) is 0 Å². The summed E-state index contributed by atoms with van der Waals surface area (Å²) in [6, 6.07) is 0. The minimum atomic E-state index is -0.790. The number of nitrogens with two attached hydrogens (primary N) is 1. The van der Waals surface area contributed by atoms with E-state index in [1.165, 1.54) is 0 Å². The molecule has 0 atom stereocenters. The Bertz CT molecular complexity index is 143. The van der Waals surface area contributed by atoms with E-state index in [-0.39, 0.29) is 12.4 Å². The molecule has 0 aromatic rings. The van der Waals surface area contributed by atoms with Crippen LogP contribution >= 0.6 is 0 Å². The first-order valence-electron chi connectivity index (χ1n) is 2.21. The molecule has 9 heavy (non-hydrogen) atoms. The Morgan fingerprint density at radius 2 is 2.33 bits per heavy atom. The third-order valence-electron chi connectivity index (χ3n) is 0.568. The zero-order chi connectivity index (χ0) is 7.28. The van der Waals surface area contributed by atoms with Gasteiger partial charge < -0.3 is 11.1 Å². The standard InChI is InChI=1S/C4H7N3O2/c1-3(5)6-2-4(8)7-9/h6H,1-2,5H2. The highest BCUT2D eigenvalue weighted by atomic mass is 16.3. The van der Waals surface area contributed by atoms with Gasteiger partial charge in [-0.1, -0.05) is 6.58 Å². The molecule has 0 spiro atoms. The molecule has 0 aromatic heterocycles. The molecular formula is C4H7N3O2. The second-order valence-corrected chi connectivity index (χ2v) is 1.36. The predicted molar refractivity (Wildman–Crippen MR) is 32.1 cm³/mol. The van der Waals surface area contributed by atoms with E-state index in [0.29, 0.717) is 0 Å². The summed E-state index contributed by atoms with van der Waals surface area (Å²) in [6.45, 7) is 3.05. The highest BCUT2D eigenvalue weighted by molar-refractivity contribution is 5.78. The maximum Gasteiger partial charge on any atom is 0.305 e. The number of amides is 1. The summed E-state index contributed by atoms with van der Waals surface area (Å²) in [4.78, 5) is 19.5. The van der Waals surface area contributed by atoms with Crippen molar-refractivity contribution in [3.63, 3.8) is 0 Å². The van der Waals surface area contributed by atoms with Crippen molar-refractivity contribution in [3.05, 3.63) is 17.3 Å². The Morgan fingerprint density at radius 3 is 2.67 bits per heavy atom. The minimum absolute atomic E-state index is 0.145. The van der Waals surface area contributed by atoms with Crippen molar-refractivity contribution >= 4 is 5.91 Å². The molecule has 50 valence electrons. The van der Waals surface area contributed by atoms with E-state index in [9.17, 15) is 9.70 Å². The van der Waals surface area contributed by atoms with Crippen LogP contribution in [0.5, 0.6) is 0 Å². The number of hydrogen-bond donors (Lipinski definition) is 2. The summed E-state index contributed by atoms with van der Waals surface area (Å²) in [6.07, 6.45) is 0. The van der Waals surface area contributed by atoms with Crippen molar-refractivity contribution in [2.45, 2.75) is 0 Å². The zero-order valence-electron chi connectivity index (χ0n) is 4.76. The molecule has 0 aromatic carbocycles. The van der Waals surface area contributed by atoms with Gasteiger partial charge in [0.05, 0.1) is 5.82 Å². The van der Waals surface area contributed by atoms with Gasteiger partial charge in [0, 0.05) is 5.18 Å². The summed E-state index contributed by atoms with van der Waals surface area (Å²) >= 11 is 0. The van der Waals surface area contributed by atoms with Gasteiger partial charge in [-0.2, -0.15) is 0 Å². The molecular weight excluding hydrogens is 122 g/mol. The minimum Gasteiger partial charge on any atom is -0.386 e. The molecule has 3 N–H and O–H groups in total. The van der Waals surface area contributed by atoms with Crippen LogP contribution in [0.25, 0.3) is 0 Å². The average molecular weight is 129 g/mol. The number of nitroso groups, excluding NO2 is 1. The second kappa shape index (κ2) is 3.59.